The van der Waals surface area contributed by atoms with Crippen LogP contribution in [0.4, 0.5) is 0 Å². The third-order valence-corrected chi connectivity index (χ3v) is 7.15. The smallest absolute Gasteiger partial charge is 0.144 e. The van der Waals surface area contributed by atoms with Crippen LogP contribution in [0, 0.1) is 24.7 Å². The Kier molecular flexibility index (Phi) is 9.74. The van der Waals surface area contributed by atoms with Gasteiger partial charge in [-0.25, -0.2) is 0 Å². The molecule has 4 aromatic rings. The molecule has 0 N–H and O–H groups in total. The van der Waals surface area contributed by atoms with Crippen molar-refractivity contribution in [1.82, 2.24) is 0 Å². The van der Waals surface area contributed by atoms with Gasteiger partial charge in [0.05, 0.1) is 22.1 Å². The van der Waals surface area contributed by atoms with E-state index in [2.05, 4.69) is 60.4 Å². The van der Waals surface area contributed by atoms with Crippen molar-refractivity contribution in [3.05, 3.63) is 144 Å². The molecule has 0 saturated carbocycles. The van der Waals surface area contributed by atoms with Crippen LogP contribution in [-0.4, -0.2) is 12.2 Å². The lowest BCUT2D eigenvalue weighted by Gasteiger charge is -2.25. The monoisotopic (exact) mass is 506 g/mol. The predicted molar refractivity (Wildman–Crippen MR) is 152 cm³/mol. The first-order valence-electron chi connectivity index (χ1n) is 11.6. The van der Waals surface area contributed by atoms with Gasteiger partial charge in [-0.1, -0.05) is 133 Å². The molecule has 0 aromatic heterocycles. The van der Waals surface area contributed by atoms with E-state index in [1.807, 2.05) is 72.8 Å². The zero-order chi connectivity index (χ0) is 25.0. The minimum absolute atomic E-state index is 0.115. The van der Waals surface area contributed by atoms with Crippen molar-refractivity contribution < 1.29 is 8.37 Å². The van der Waals surface area contributed by atoms with Crippen LogP contribution in [0.5, 0.6) is 0 Å². The largest absolute Gasteiger partial charge is 0.286 e. The molecule has 0 saturated heterocycles. The van der Waals surface area contributed by atoms with Gasteiger partial charge in [0, 0.05) is 11.8 Å². The van der Waals surface area contributed by atoms with E-state index in [9.17, 15) is 0 Å². The molecule has 0 fully saturated rings. The van der Waals surface area contributed by atoms with Crippen molar-refractivity contribution in [2.45, 2.75) is 24.0 Å². The predicted octanol–water partition coefficient (Wildman–Crippen LogP) is 7.90. The maximum absolute atomic E-state index is 6.10. The van der Waals surface area contributed by atoms with Gasteiger partial charge in [-0.15, -0.1) is 12.8 Å². The van der Waals surface area contributed by atoms with Crippen LogP contribution in [0.15, 0.2) is 121 Å². The Morgan fingerprint density at radius 2 is 0.694 bits per heavy atom. The molecule has 4 heteroatoms. The third kappa shape index (κ3) is 6.64. The van der Waals surface area contributed by atoms with Crippen molar-refractivity contribution in [1.29, 1.82) is 0 Å². The summed E-state index contributed by atoms with van der Waals surface area (Å²) < 4.78 is 12.2. The minimum Gasteiger partial charge on any atom is -0.286 e. The van der Waals surface area contributed by atoms with Gasteiger partial charge in [0.1, 0.15) is 12.2 Å². The fraction of sp³-hybridized carbons (Fsp3) is 0.125. The molecular formula is C32H26O2S2. The number of hydrogen-bond donors (Lipinski definition) is 0. The van der Waals surface area contributed by atoms with Crippen LogP contribution in [0.2, 0.25) is 0 Å². The maximum atomic E-state index is 6.10. The molecule has 0 aliphatic carbocycles. The minimum atomic E-state index is -0.501. The molecule has 2 nitrogen and oxygen atoms in total. The van der Waals surface area contributed by atoms with Crippen LogP contribution >= 0.6 is 22.1 Å². The highest BCUT2D eigenvalue weighted by molar-refractivity contribution is 8.73. The van der Waals surface area contributed by atoms with E-state index in [0.29, 0.717) is 0 Å². The molecular weight excluding hydrogens is 480 g/mol. The summed E-state index contributed by atoms with van der Waals surface area (Å²) in [6.07, 6.45) is 10.9. The lowest BCUT2D eigenvalue weighted by molar-refractivity contribution is 0.277. The van der Waals surface area contributed by atoms with Gasteiger partial charge in [0.2, 0.25) is 0 Å². The van der Waals surface area contributed by atoms with Gasteiger partial charge < -0.3 is 0 Å². The van der Waals surface area contributed by atoms with Crippen LogP contribution in [0.3, 0.4) is 0 Å². The SMILES string of the molecule is C#CC(OSSOC(C#C)C(c1ccccc1)c1ccccc1)C(c1ccccc1)c1ccccc1. The summed E-state index contributed by atoms with van der Waals surface area (Å²) in [6, 6.07) is 40.6. The van der Waals surface area contributed by atoms with Crippen molar-refractivity contribution >= 4 is 22.1 Å². The summed E-state index contributed by atoms with van der Waals surface area (Å²) >= 11 is 2.22. The second kappa shape index (κ2) is 13.6. The Bertz CT molecular complexity index is 1080. The van der Waals surface area contributed by atoms with Crippen molar-refractivity contribution in [2.24, 2.45) is 0 Å². The second-order valence-corrected chi connectivity index (χ2v) is 9.57. The molecule has 0 aliphatic rings. The highest BCUT2D eigenvalue weighted by atomic mass is 33.1. The number of benzene rings is 4. The van der Waals surface area contributed by atoms with Gasteiger partial charge in [0.15, 0.2) is 0 Å². The molecule has 0 amide bonds. The molecule has 178 valence electrons. The van der Waals surface area contributed by atoms with Crippen molar-refractivity contribution in [3.63, 3.8) is 0 Å². The average Bonchev–Trinajstić information content (AvgIpc) is 2.96. The van der Waals surface area contributed by atoms with Crippen LogP contribution < -0.4 is 0 Å². The van der Waals surface area contributed by atoms with Gasteiger partial charge in [-0.05, 0) is 22.3 Å². The van der Waals surface area contributed by atoms with E-state index < -0.39 is 12.2 Å². The van der Waals surface area contributed by atoms with Crippen LogP contribution in [-0.2, 0) is 8.37 Å². The normalized spacial score (nSPS) is 12.6. The first-order valence-corrected chi connectivity index (χ1v) is 13.6. The van der Waals surface area contributed by atoms with Crippen LogP contribution in [0.1, 0.15) is 34.1 Å². The Morgan fingerprint density at radius 3 is 0.917 bits per heavy atom. The lowest BCUT2D eigenvalue weighted by Crippen LogP contribution is -2.20. The standard InChI is InChI=1S/C32H26O2S2/c1-3-29(31(25-17-9-5-10-18-25)26-19-11-6-12-20-26)33-35-36-34-30(4-2)32(27-21-13-7-14-22-27)28-23-15-8-16-24-28/h1-2,5-24,29-32H. The zero-order valence-corrected chi connectivity index (χ0v) is 21.3. The summed E-state index contributed by atoms with van der Waals surface area (Å²) in [6.45, 7) is 0. The Morgan fingerprint density at radius 1 is 0.444 bits per heavy atom. The van der Waals surface area contributed by atoms with E-state index in [4.69, 9.17) is 21.2 Å². The molecule has 36 heavy (non-hydrogen) atoms. The number of terminal acetylenes is 2. The molecule has 2 atom stereocenters. The first-order chi connectivity index (χ1) is 17.8. The third-order valence-electron chi connectivity index (χ3n) is 5.88. The Labute approximate surface area is 222 Å². The summed E-state index contributed by atoms with van der Waals surface area (Å²) in [5, 5.41) is 0. The zero-order valence-electron chi connectivity index (χ0n) is 19.6. The van der Waals surface area contributed by atoms with Gasteiger partial charge in [-0.3, -0.25) is 8.37 Å². The Balaban J connectivity index is 1.46. The molecule has 0 bridgehead atoms. The summed E-state index contributed by atoms with van der Waals surface area (Å²) in [7, 11) is 0. The molecule has 0 spiro atoms. The van der Waals surface area contributed by atoms with Crippen LogP contribution in [0.25, 0.3) is 0 Å². The molecule has 0 aliphatic heterocycles. The summed E-state index contributed by atoms with van der Waals surface area (Å²) in [5.41, 5.74) is 4.36. The topological polar surface area (TPSA) is 18.5 Å². The van der Waals surface area contributed by atoms with Crippen molar-refractivity contribution in [3.8, 4) is 24.7 Å². The van der Waals surface area contributed by atoms with Crippen molar-refractivity contribution in [2.75, 3.05) is 0 Å². The fourth-order valence-electron chi connectivity index (χ4n) is 4.20. The van der Waals surface area contributed by atoms with Gasteiger partial charge in [-0.2, -0.15) is 0 Å². The molecule has 4 rings (SSSR count). The van der Waals surface area contributed by atoms with E-state index in [-0.39, 0.29) is 11.8 Å². The van der Waals surface area contributed by atoms with Gasteiger partial charge in [0.25, 0.3) is 0 Å². The quantitative estimate of drug-likeness (QED) is 0.0890. The average molecular weight is 507 g/mol. The van der Waals surface area contributed by atoms with E-state index in [0.717, 1.165) is 44.4 Å². The summed E-state index contributed by atoms with van der Waals surface area (Å²) in [4.78, 5) is 0. The molecule has 0 radical (unpaired) electrons. The van der Waals surface area contributed by atoms with E-state index >= 15 is 0 Å². The lowest BCUT2D eigenvalue weighted by atomic mass is 9.87. The highest BCUT2D eigenvalue weighted by Gasteiger charge is 2.27. The highest BCUT2D eigenvalue weighted by Crippen LogP contribution is 2.38. The number of hydrogen-bond acceptors (Lipinski definition) is 4. The molecule has 4 aromatic carbocycles. The first kappa shape index (κ1) is 25.7. The van der Waals surface area contributed by atoms with Gasteiger partial charge >= 0.3 is 0 Å². The van der Waals surface area contributed by atoms with E-state index in [1.165, 1.54) is 0 Å². The summed E-state index contributed by atoms with van der Waals surface area (Å²) in [5.74, 6) is 5.42. The number of rotatable bonds is 11. The second-order valence-electron chi connectivity index (χ2n) is 8.10. The van der Waals surface area contributed by atoms with E-state index in [1.54, 1.807) is 0 Å². The molecule has 0 heterocycles. The Hall–Kier alpha value is -3.38. The fourth-order valence-corrected chi connectivity index (χ4v) is 5.47. The maximum Gasteiger partial charge on any atom is 0.144 e. The molecule has 2 unspecified atom stereocenters.